The molecule has 104 valence electrons. The molecule has 3 heteroatoms. The van der Waals surface area contributed by atoms with Crippen molar-refractivity contribution in [2.45, 2.75) is 45.6 Å². The minimum absolute atomic E-state index is 0.465. The largest absolute Gasteiger partial charge is 0.387 e. The molecular weight excluding hydrogens is 236 g/mol. The number of anilines is 1. The molecule has 0 bridgehead atoms. The molecule has 0 aliphatic heterocycles. The van der Waals surface area contributed by atoms with Gasteiger partial charge in [-0.25, -0.2) is 0 Å². The topological polar surface area (TPSA) is 45.1 Å². The van der Waals surface area contributed by atoms with Crippen LogP contribution in [0.2, 0.25) is 0 Å². The predicted molar refractivity (Wildman–Crippen MR) is 78.8 cm³/mol. The van der Waals surface area contributed by atoms with Gasteiger partial charge in [-0.3, -0.25) is 4.98 Å². The molecule has 3 nitrogen and oxygen atoms in total. The molecule has 1 saturated carbocycles. The zero-order chi connectivity index (χ0) is 13.8. The number of hydrogen-bond acceptors (Lipinski definition) is 3. The number of aliphatic hydroxyl groups is 1. The lowest BCUT2D eigenvalue weighted by Gasteiger charge is -2.16. The van der Waals surface area contributed by atoms with Gasteiger partial charge in [0.2, 0.25) is 0 Å². The van der Waals surface area contributed by atoms with E-state index in [-0.39, 0.29) is 0 Å². The fourth-order valence-corrected chi connectivity index (χ4v) is 2.70. The predicted octanol–water partition coefficient (Wildman–Crippen LogP) is 3.89. The van der Waals surface area contributed by atoms with Crippen LogP contribution in [0.15, 0.2) is 30.6 Å². The maximum absolute atomic E-state index is 9.70. The van der Waals surface area contributed by atoms with Crippen molar-refractivity contribution in [1.82, 2.24) is 4.98 Å². The first kappa shape index (κ1) is 14.1. The van der Waals surface area contributed by atoms with E-state index in [4.69, 9.17) is 0 Å². The first-order valence-corrected chi connectivity index (χ1v) is 7.20. The van der Waals surface area contributed by atoms with Crippen LogP contribution in [-0.2, 0) is 0 Å². The van der Waals surface area contributed by atoms with E-state index in [9.17, 15) is 5.11 Å². The Bertz CT molecular complexity index is 427. The minimum Gasteiger partial charge on any atom is -0.387 e. The highest BCUT2D eigenvalue weighted by molar-refractivity contribution is 5.46. The fourth-order valence-electron chi connectivity index (χ4n) is 2.70. The smallest absolute Gasteiger partial charge is 0.0957 e. The number of rotatable bonds is 5. The third-order valence-corrected chi connectivity index (χ3v) is 4.01. The minimum atomic E-state index is -0.465. The summed E-state index contributed by atoms with van der Waals surface area (Å²) in [5, 5.41) is 13.1. The van der Waals surface area contributed by atoms with Crippen LogP contribution >= 0.6 is 0 Å². The number of allylic oxidation sites excluding steroid dienone is 1. The Morgan fingerprint density at radius 1 is 1.53 bits per heavy atom. The third kappa shape index (κ3) is 3.57. The van der Waals surface area contributed by atoms with Crippen molar-refractivity contribution >= 4 is 5.69 Å². The number of hydrogen-bond donors (Lipinski definition) is 2. The number of aromatic nitrogens is 1. The second kappa shape index (κ2) is 6.20. The van der Waals surface area contributed by atoms with E-state index in [2.05, 4.69) is 23.8 Å². The highest BCUT2D eigenvalue weighted by Crippen LogP contribution is 2.34. The normalized spacial score (nSPS) is 24.2. The van der Waals surface area contributed by atoms with Gasteiger partial charge in [0.15, 0.2) is 0 Å². The lowest BCUT2D eigenvalue weighted by atomic mass is 10.0. The summed E-state index contributed by atoms with van der Waals surface area (Å²) in [6.07, 6.45) is 5.75. The molecule has 0 aromatic carbocycles. The van der Waals surface area contributed by atoms with Gasteiger partial charge < -0.3 is 10.4 Å². The Morgan fingerprint density at radius 3 is 2.84 bits per heavy atom. The van der Waals surface area contributed by atoms with Gasteiger partial charge in [0.25, 0.3) is 0 Å². The Hall–Kier alpha value is -1.35. The van der Waals surface area contributed by atoms with Gasteiger partial charge in [0.1, 0.15) is 0 Å². The van der Waals surface area contributed by atoms with Crippen molar-refractivity contribution in [3.05, 3.63) is 36.3 Å². The molecule has 19 heavy (non-hydrogen) atoms. The Morgan fingerprint density at radius 2 is 2.32 bits per heavy atom. The molecule has 1 heterocycles. The summed E-state index contributed by atoms with van der Waals surface area (Å²) in [7, 11) is 0. The summed E-state index contributed by atoms with van der Waals surface area (Å²) < 4.78 is 0. The molecule has 1 aliphatic carbocycles. The fraction of sp³-hybridized carbons (Fsp3) is 0.562. The van der Waals surface area contributed by atoms with E-state index in [1.54, 1.807) is 6.20 Å². The highest BCUT2D eigenvalue weighted by Gasteiger charge is 2.23. The summed E-state index contributed by atoms with van der Waals surface area (Å²) >= 11 is 0. The SMILES string of the molecule is C=C(Nc1ccc(C(O)CC)nc1)C1CCC(C)C1. The second-order valence-electron chi connectivity index (χ2n) is 5.66. The monoisotopic (exact) mass is 260 g/mol. The zero-order valence-electron chi connectivity index (χ0n) is 11.9. The first-order valence-electron chi connectivity index (χ1n) is 7.20. The zero-order valence-corrected chi connectivity index (χ0v) is 11.9. The quantitative estimate of drug-likeness (QED) is 0.844. The van der Waals surface area contributed by atoms with Crippen molar-refractivity contribution < 1.29 is 5.11 Å². The first-order chi connectivity index (χ1) is 9.10. The average molecular weight is 260 g/mol. The van der Waals surface area contributed by atoms with Gasteiger partial charge in [-0.05, 0) is 43.2 Å². The molecule has 1 aromatic heterocycles. The maximum Gasteiger partial charge on any atom is 0.0957 e. The van der Waals surface area contributed by atoms with Gasteiger partial charge in [-0.15, -0.1) is 0 Å². The van der Waals surface area contributed by atoms with Crippen LogP contribution in [-0.4, -0.2) is 10.1 Å². The van der Waals surface area contributed by atoms with Crippen molar-refractivity contribution in [3.8, 4) is 0 Å². The molecule has 2 N–H and O–H groups in total. The molecule has 2 rings (SSSR count). The summed E-state index contributed by atoms with van der Waals surface area (Å²) in [6, 6.07) is 3.84. The Labute approximate surface area is 115 Å². The lowest BCUT2D eigenvalue weighted by Crippen LogP contribution is -2.08. The van der Waals surface area contributed by atoms with Crippen molar-refractivity contribution in [2.75, 3.05) is 5.32 Å². The molecular formula is C16H24N2O. The highest BCUT2D eigenvalue weighted by atomic mass is 16.3. The summed E-state index contributed by atoms with van der Waals surface area (Å²) in [6.45, 7) is 8.40. The van der Waals surface area contributed by atoms with Gasteiger partial charge in [0.05, 0.1) is 23.7 Å². The Kier molecular flexibility index (Phi) is 4.59. The summed E-state index contributed by atoms with van der Waals surface area (Å²) in [5.41, 5.74) is 2.78. The molecule has 1 fully saturated rings. The summed E-state index contributed by atoms with van der Waals surface area (Å²) in [4.78, 5) is 4.29. The van der Waals surface area contributed by atoms with Crippen LogP contribution in [0.25, 0.3) is 0 Å². The molecule has 1 aromatic rings. The van der Waals surface area contributed by atoms with Gasteiger partial charge in [-0.2, -0.15) is 0 Å². The van der Waals surface area contributed by atoms with Crippen molar-refractivity contribution in [3.63, 3.8) is 0 Å². The van der Waals surface area contributed by atoms with E-state index < -0.39 is 6.10 Å². The number of nitrogens with one attached hydrogen (secondary N) is 1. The number of nitrogens with zero attached hydrogens (tertiary/aromatic N) is 1. The van der Waals surface area contributed by atoms with Gasteiger partial charge in [0, 0.05) is 5.70 Å². The van der Waals surface area contributed by atoms with Crippen LogP contribution in [0.5, 0.6) is 0 Å². The molecule has 0 amide bonds. The maximum atomic E-state index is 9.70. The van der Waals surface area contributed by atoms with E-state index in [1.807, 2.05) is 19.1 Å². The second-order valence-corrected chi connectivity index (χ2v) is 5.66. The van der Waals surface area contributed by atoms with Crippen LogP contribution in [0.3, 0.4) is 0 Å². The molecule has 3 unspecified atom stereocenters. The van der Waals surface area contributed by atoms with Crippen LogP contribution in [0.1, 0.15) is 51.3 Å². The van der Waals surface area contributed by atoms with Crippen LogP contribution < -0.4 is 5.32 Å². The Balaban J connectivity index is 1.94. The van der Waals surface area contributed by atoms with E-state index >= 15 is 0 Å². The lowest BCUT2D eigenvalue weighted by molar-refractivity contribution is 0.169. The van der Waals surface area contributed by atoms with Crippen LogP contribution in [0, 0.1) is 11.8 Å². The number of aliphatic hydroxyl groups excluding tert-OH is 1. The molecule has 1 aliphatic rings. The molecule has 0 spiro atoms. The molecule has 0 saturated heterocycles. The van der Waals surface area contributed by atoms with Crippen molar-refractivity contribution in [2.24, 2.45) is 11.8 Å². The van der Waals surface area contributed by atoms with Gasteiger partial charge >= 0.3 is 0 Å². The molecule has 0 radical (unpaired) electrons. The van der Waals surface area contributed by atoms with Gasteiger partial charge in [-0.1, -0.05) is 26.8 Å². The third-order valence-electron chi connectivity index (χ3n) is 4.01. The van der Waals surface area contributed by atoms with Crippen molar-refractivity contribution in [1.29, 1.82) is 0 Å². The number of pyridine rings is 1. The molecule has 3 atom stereocenters. The standard InChI is InChI=1S/C16H24N2O/c1-4-16(19)15-8-7-14(10-17-15)18-12(3)13-6-5-11(2)9-13/h7-8,10-11,13,16,18-19H,3-6,9H2,1-2H3. The average Bonchev–Trinajstić information content (AvgIpc) is 2.85. The van der Waals surface area contributed by atoms with E-state index in [0.29, 0.717) is 12.3 Å². The summed E-state index contributed by atoms with van der Waals surface area (Å²) in [5.74, 6) is 1.39. The van der Waals surface area contributed by atoms with E-state index in [1.165, 1.54) is 19.3 Å². The van der Waals surface area contributed by atoms with E-state index in [0.717, 1.165) is 23.0 Å². The van der Waals surface area contributed by atoms with Crippen LogP contribution in [0.4, 0.5) is 5.69 Å².